The molecule has 2 aliphatic rings. The summed E-state index contributed by atoms with van der Waals surface area (Å²) in [6, 6.07) is 8.94. The van der Waals surface area contributed by atoms with Crippen molar-refractivity contribution in [3.8, 4) is 0 Å². The van der Waals surface area contributed by atoms with Crippen molar-refractivity contribution in [2.75, 3.05) is 38.1 Å². The zero-order valence-corrected chi connectivity index (χ0v) is 13.8. The number of hydrogen-bond donors (Lipinski definition) is 0. The summed E-state index contributed by atoms with van der Waals surface area (Å²) in [7, 11) is 2.14. The number of likely N-dealkylation sites (N-methyl/N-ethyl adjacent to an activating group) is 1. The van der Waals surface area contributed by atoms with Crippen LogP contribution in [0.3, 0.4) is 0 Å². The summed E-state index contributed by atoms with van der Waals surface area (Å²) in [5, 5.41) is 0. The standard InChI is InChI=1S/C18H27N3O/c1-15-7-5-6-10-21(15)18(22)14-20-12-11-19(2)17-9-4-3-8-16(17)13-20/h3-4,8-9,15H,5-7,10-14H2,1-2H3. The van der Waals surface area contributed by atoms with E-state index in [0.29, 0.717) is 18.5 Å². The predicted octanol–water partition coefficient (Wildman–Crippen LogP) is 2.34. The highest BCUT2D eigenvalue weighted by molar-refractivity contribution is 5.78. The van der Waals surface area contributed by atoms with Gasteiger partial charge in [-0.05, 0) is 37.8 Å². The molecule has 2 heterocycles. The number of anilines is 1. The van der Waals surface area contributed by atoms with Crippen molar-refractivity contribution in [3.05, 3.63) is 29.8 Å². The van der Waals surface area contributed by atoms with E-state index < -0.39 is 0 Å². The van der Waals surface area contributed by atoms with Crippen LogP contribution < -0.4 is 4.90 Å². The van der Waals surface area contributed by atoms with E-state index in [1.165, 1.54) is 17.7 Å². The molecule has 1 aromatic rings. The number of amides is 1. The van der Waals surface area contributed by atoms with Gasteiger partial charge in [-0.2, -0.15) is 0 Å². The van der Waals surface area contributed by atoms with Gasteiger partial charge in [-0.25, -0.2) is 0 Å². The molecule has 2 aliphatic heterocycles. The van der Waals surface area contributed by atoms with Gasteiger partial charge in [0.1, 0.15) is 0 Å². The Bertz CT molecular complexity index is 531. The van der Waals surface area contributed by atoms with Gasteiger partial charge < -0.3 is 9.80 Å². The predicted molar refractivity (Wildman–Crippen MR) is 90.0 cm³/mol. The molecule has 0 aliphatic carbocycles. The van der Waals surface area contributed by atoms with Gasteiger partial charge in [-0.15, -0.1) is 0 Å². The van der Waals surface area contributed by atoms with E-state index in [1.54, 1.807) is 0 Å². The first kappa shape index (κ1) is 15.3. The topological polar surface area (TPSA) is 26.8 Å². The molecule has 0 N–H and O–H groups in total. The molecule has 4 heteroatoms. The van der Waals surface area contributed by atoms with Crippen LogP contribution in [0.1, 0.15) is 31.7 Å². The first-order valence-electron chi connectivity index (χ1n) is 8.46. The van der Waals surface area contributed by atoms with Gasteiger partial charge in [0, 0.05) is 45.0 Å². The summed E-state index contributed by atoms with van der Waals surface area (Å²) in [5.74, 6) is 0.300. The number of hydrogen-bond acceptors (Lipinski definition) is 3. The van der Waals surface area contributed by atoms with Gasteiger partial charge in [0.05, 0.1) is 6.54 Å². The second-order valence-electron chi connectivity index (χ2n) is 6.69. The normalized spacial score (nSPS) is 23.1. The highest BCUT2D eigenvalue weighted by atomic mass is 16.2. The number of rotatable bonds is 2. The Morgan fingerprint density at radius 2 is 2.00 bits per heavy atom. The Hall–Kier alpha value is -1.55. The van der Waals surface area contributed by atoms with E-state index >= 15 is 0 Å². The summed E-state index contributed by atoms with van der Waals surface area (Å²) >= 11 is 0. The van der Waals surface area contributed by atoms with Gasteiger partial charge in [0.2, 0.25) is 5.91 Å². The van der Waals surface area contributed by atoms with Crippen molar-refractivity contribution in [3.63, 3.8) is 0 Å². The molecule has 0 spiro atoms. The number of carbonyl (C=O) groups excluding carboxylic acids is 1. The van der Waals surface area contributed by atoms with E-state index in [0.717, 1.165) is 39.0 Å². The molecular weight excluding hydrogens is 274 g/mol. The van der Waals surface area contributed by atoms with Crippen molar-refractivity contribution in [1.29, 1.82) is 0 Å². The van der Waals surface area contributed by atoms with Gasteiger partial charge in [0.25, 0.3) is 0 Å². The maximum Gasteiger partial charge on any atom is 0.236 e. The van der Waals surface area contributed by atoms with Crippen molar-refractivity contribution >= 4 is 11.6 Å². The van der Waals surface area contributed by atoms with E-state index in [4.69, 9.17) is 0 Å². The number of fused-ring (bicyclic) bond motifs is 1. The fraction of sp³-hybridized carbons (Fsp3) is 0.611. The largest absolute Gasteiger partial charge is 0.373 e. The minimum atomic E-state index is 0.300. The minimum absolute atomic E-state index is 0.300. The van der Waals surface area contributed by atoms with Crippen molar-refractivity contribution < 1.29 is 4.79 Å². The lowest BCUT2D eigenvalue weighted by atomic mass is 10.0. The van der Waals surface area contributed by atoms with Gasteiger partial charge in [0.15, 0.2) is 0 Å². The van der Waals surface area contributed by atoms with Crippen LogP contribution in [0.2, 0.25) is 0 Å². The van der Waals surface area contributed by atoms with Crippen LogP contribution in [0.25, 0.3) is 0 Å². The third-order valence-electron chi connectivity index (χ3n) is 5.03. The Morgan fingerprint density at radius 3 is 2.82 bits per heavy atom. The first-order valence-corrected chi connectivity index (χ1v) is 8.46. The average Bonchev–Trinajstić information content (AvgIpc) is 2.67. The number of piperidine rings is 1. The average molecular weight is 301 g/mol. The Balaban J connectivity index is 1.67. The number of benzene rings is 1. The molecule has 1 fully saturated rings. The zero-order chi connectivity index (χ0) is 15.5. The zero-order valence-electron chi connectivity index (χ0n) is 13.8. The molecule has 3 rings (SSSR count). The molecule has 22 heavy (non-hydrogen) atoms. The van der Waals surface area contributed by atoms with Crippen molar-refractivity contribution in [1.82, 2.24) is 9.80 Å². The molecular formula is C18H27N3O. The molecule has 1 atom stereocenters. The number of nitrogens with zero attached hydrogens (tertiary/aromatic N) is 3. The van der Waals surface area contributed by atoms with Crippen LogP contribution in [0.5, 0.6) is 0 Å². The third kappa shape index (κ3) is 3.27. The lowest BCUT2D eigenvalue weighted by molar-refractivity contribution is -0.135. The molecule has 1 saturated heterocycles. The maximum atomic E-state index is 12.7. The summed E-state index contributed by atoms with van der Waals surface area (Å²) < 4.78 is 0. The first-order chi connectivity index (χ1) is 10.6. The van der Waals surface area contributed by atoms with Crippen LogP contribution in [-0.2, 0) is 11.3 Å². The Morgan fingerprint density at radius 1 is 1.18 bits per heavy atom. The van der Waals surface area contributed by atoms with Gasteiger partial charge >= 0.3 is 0 Å². The van der Waals surface area contributed by atoms with Crippen molar-refractivity contribution in [2.45, 2.75) is 38.8 Å². The van der Waals surface area contributed by atoms with E-state index in [9.17, 15) is 4.79 Å². The molecule has 4 nitrogen and oxygen atoms in total. The Labute approximate surface area is 133 Å². The summed E-state index contributed by atoms with van der Waals surface area (Å²) in [5.41, 5.74) is 2.62. The van der Waals surface area contributed by atoms with Crippen LogP contribution >= 0.6 is 0 Å². The summed E-state index contributed by atoms with van der Waals surface area (Å²) in [6.07, 6.45) is 3.56. The lowest BCUT2D eigenvalue weighted by Crippen LogP contribution is -2.47. The second kappa shape index (κ2) is 6.69. The third-order valence-corrected chi connectivity index (χ3v) is 5.03. The highest BCUT2D eigenvalue weighted by Gasteiger charge is 2.26. The molecule has 1 aromatic carbocycles. The molecule has 0 aromatic heterocycles. The van der Waals surface area contributed by atoms with E-state index in [2.05, 4.69) is 52.9 Å². The number of para-hydroxylation sites is 1. The number of likely N-dealkylation sites (tertiary alicyclic amines) is 1. The molecule has 1 unspecified atom stereocenters. The smallest absolute Gasteiger partial charge is 0.236 e. The van der Waals surface area contributed by atoms with Gasteiger partial charge in [-0.3, -0.25) is 9.69 Å². The second-order valence-corrected chi connectivity index (χ2v) is 6.69. The fourth-order valence-corrected chi connectivity index (χ4v) is 3.63. The maximum absolute atomic E-state index is 12.7. The molecule has 0 bridgehead atoms. The minimum Gasteiger partial charge on any atom is -0.373 e. The quantitative estimate of drug-likeness (QED) is 0.839. The van der Waals surface area contributed by atoms with Crippen molar-refractivity contribution in [2.24, 2.45) is 0 Å². The van der Waals surface area contributed by atoms with Crippen LogP contribution in [0.15, 0.2) is 24.3 Å². The van der Waals surface area contributed by atoms with Crippen LogP contribution in [0, 0.1) is 0 Å². The molecule has 120 valence electrons. The Kier molecular flexibility index (Phi) is 4.67. The molecule has 0 saturated carbocycles. The van der Waals surface area contributed by atoms with Gasteiger partial charge in [-0.1, -0.05) is 18.2 Å². The summed E-state index contributed by atoms with van der Waals surface area (Å²) in [4.78, 5) is 19.3. The molecule has 0 radical (unpaired) electrons. The molecule has 1 amide bonds. The van der Waals surface area contributed by atoms with Crippen LogP contribution in [-0.4, -0.2) is 55.0 Å². The monoisotopic (exact) mass is 301 g/mol. The lowest BCUT2D eigenvalue weighted by Gasteiger charge is -2.35. The SMILES string of the molecule is CC1CCCCN1C(=O)CN1CCN(C)c2ccccc2C1. The fourth-order valence-electron chi connectivity index (χ4n) is 3.63. The highest BCUT2D eigenvalue weighted by Crippen LogP contribution is 2.24. The van der Waals surface area contributed by atoms with E-state index in [-0.39, 0.29) is 0 Å². The van der Waals surface area contributed by atoms with E-state index in [1.807, 2.05) is 0 Å². The van der Waals surface area contributed by atoms with Crippen LogP contribution in [0.4, 0.5) is 5.69 Å². The summed E-state index contributed by atoms with van der Waals surface area (Å²) in [6.45, 7) is 6.45. The number of carbonyl (C=O) groups is 1.